The van der Waals surface area contributed by atoms with E-state index in [1.165, 1.54) is 0 Å². The van der Waals surface area contributed by atoms with Crippen LogP contribution in [-0.4, -0.2) is 28.2 Å². The summed E-state index contributed by atoms with van der Waals surface area (Å²) in [6, 6.07) is 0. The van der Waals surface area contributed by atoms with E-state index < -0.39 is 0 Å². The molecule has 3 heteroatoms. The van der Waals surface area contributed by atoms with Crippen LogP contribution in [-0.2, 0) is 4.74 Å². The number of aliphatic hydroxyl groups excluding tert-OH is 1. The van der Waals surface area contributed by atoms with Gasteiger partial charge >= 0.3 is 0 Å². The van der Waals surface area contributed by atoms with Gasteiger partial charge in [-0.05, 0) is 25.7 Å². The van der Waals surface area contributed by atoms with E-state index in [9.17, 15) is 5.11 Å². The number of hydrogen-bond acceptors (Lipinski definition) is 2. The first-order valence-electron chi connectivity index (χ1n) is 4.25. The molecule has 0 saturated carbocycles. The molecule has 0 amide bonds. The Labute approximate surface area is 75.1 Å². The van der Waals surface area contributed by atoms with Crippen molar-refractivity contribution in [2.24, 2.45) is 0 Å². The Bertz CT molecular complexity index is 135. The average molecular weight is 221 g/mol. The van der Waals surface area contributed by atoms with Gasteiger partial charge in [-0.2, -0.15) is 0 Å². The molecule has 0 aromatic carbocycles. The summed E-state index contributed by atoms with van der Waals surface area (Å²) in [6.45, 7) is 0. The van der Waals surface area contributed by atoms with Gasteiger partial charge in [-0.3, -0.25) is 0 Å². The van der Waals surface area contributed by atoms with E-state index in [0.29, 0.717) is 10.9 Å². The average Bonchev–Trinajstić information content (AvgIpc) is 2.02. The Kier molecular flexibility index (Phi) is 2.21. The van der Waals surface area contributed by atoms with Crippen LogP contribution in [0.4, 0.5) is 0 Å². The van der Waals surface area contributed by atoms with Crippen LogP contribution >= 0.6 is 15.9 Å². The highest BCUT2D eigenvalue weighted by atomic mass is 79.9. The highest BCUT2D eigenvalue weighted by Gasteiger charge is 2.37. The van der Waals surface area contributed by atoms with E-state index in [-0.39, 0.29) is 12.2 Å². The molecule has 1 N–H and O–H groups in total. The molecule has 4 atom stereocenters. The van der Waals surface area contributed by atoms with Gasteiger partial charge in [-0.25, -0.2) is 0 Å². The van der Waals surface area contributed by atoms with Gasteiger partial charge in [0.15, 0.2) is 0 Å². The molecular formula is C8H13BrO2. The molecule has 0 aromatic heterocycles. The van der Waals surface area contributed by atoms with Gasteiger partial charge < -0.3 is 9.84 Å². The summed E-state index contributed by atoms with van der Waals surface area (Å²) < 4.78 is 5.65. The van der Waals surface area contributed by atoms with Crippen molar-refractivity contribution in [3.05, 3.63) is 0 Å². The van der Waals surface area contributed by atoms with Crippen LogP contribution in [0.5, 0.6) is 0 Å². The molecule has 0 aromatic rings. The van der Waals surface area contributed by atoms with Gasteiger partial charge in [0.2, 0.25) is 0 Å². The second-order valence-corrected chi connectivity index (χ2v) is 4.63. The Morgan fingerprint density at radius 3 is 2.64 bits per heavy atom. The first-order valence-corrected chi connectivity index (χ1v) is 5.16. The zero-order chi connectivity index (χ0) is 7.84. The lowest BCUT2D eigenvalue weighted by Crippen LogP contribution is -2.46. The number of hydrogen-bond donors (Lipinski definition) is 1. The van der Waals surface area contributed by atoms with E-state index in [4.69, 9.17) is 4.74 Å². The normalized spacial score (nSPS) is 50.7. The van der Waals surface area contributed by atoms with Crippen molar-refractivity contribution in [1.82, 2.24) is 0 Å². The molecule has 0 unspecified atom stereocenters. The molecule has 0 spiro atoms. The molecule has 2 aliphatic heterocycles. The summed E-state index contributed by atoms with van der Waals surface area (Å²) in [4.78, 5) is 0.520. The molecule has 2 nitrogen and oxygen atoms in total. The number of halogens is 1. The maximum atomic E-state index is 9.47. The predicted octanol–water partition coefficient (Wildman–Crippen LogP) is 1.45. The Hall–Kier alpha value is 0.400. The molecule has 0 aliphatic carbocycles. The van der Waals surface area contributed by atoms with Gasteiger partial charge in [0, 0.05) is 4.83 Å². The minimum atomic E-state index is -0.203. The smallest absolute Gasteiger partial charge is 0.0838 e. The monoisotopic (exact) mass is 220 g/mol. The lowest BCUT2D eigenvalue weighted by atomic mass is 9.90. The van der Waals surface area contributed by atoms with Crippen molar-refractivity contribution < 1.29 is 9.84 Å². The van der Waals surface area contributed by atoms with E-state index in [1.807, 2.05) is 0 Å². The van der Waals surface area contributed by atoms with Crippen molar-refractivity contribution in [3.63, 3.8) is 0 Å². The lowest BCUT2D eigenvalue weighted by Gasteiger charge is -2.40. The SMILES string of the molecule is O[C@@H]1CC[C@H]2O[C@@H]1CC[C@@H]2Br. The molecular weight excluding hydrogens is 208 g/mol. The maximum Gasteiger partial charge on any atom is 0.0838 e. The minimum Gasteiger partial charge on any atom is -0.390 e. The quantitative estimate of drug-likeness (QED) is 0.627. The number of fused-ring (bicyclic) bond motifs is 2. The van der Waals surface area contributed by atoms with E-state index in [0.717, 1.165) is 25.7 Å². The first-order chi connectivity index (χ1) is 5.27. The summed E-state index contributed by atoms with van der Waals surface area (Å²) in [7, 11) is 0. The standard InChI is InChI=1S/C8H13BrO2/c9-5-1-3-8-6(10)2-4-7(5)11-8/h5-8,10H,1-4H2/t5-,6+,7+,8+/m0/s1. The number of aliphatic hydroxyl groups is 1. The Balaban J connectivity index is 2.02. The van der Waals surface area contributed by atoms with Gasteiger partial charge in [0.25, 0.3) is 0 Å². The van der Waals surface area contributed by atoms with Crippen LogP contribution in [0.15, 0.2) is 0 Å². The topological polar surface area (TPSA) is 29.5 Å². The summed E-state index contributed by atoms with van der Waals surface area (Å²) in [6.07, 6.45) is 4.36. The highest BCUT2D eigenvalue weighted by molar-refractivity contribution is 9.09. The second kappa shape index (κ2) is 3.04. The molecule has 2 rings (SSSR count). The van der Waals surface area contributed by atoms with Crippen LogP contribution in [0.2, 0.25) is 0 Å². The van der Waals surface area contributed by atoms with Crippen molar-refractivity contribution in [3.8, 4) is 0 Å². The van der Waals surface area contributed by atoms with Crippen molar-refractivity contribution in [2.75, 3.05) is 0 Å². The van der Waals surface area contributed by atoms with E-state index >= 15 is 0 Å². The fourth-order valence-corrected chi connectivity index (χ4v) is 2.59. The Morgan fingerprint density at radius 1 is 1.09 bits per heavy atom. The second-order valence-electron chi connectivity index (χ2n) is 3.45. The van der Waals surface area contributed by atoms with Crippen LogP contribution in [0.1, 0.15) is 25.7 Å². The highest BCUT2D eigenvalue weighted by Crippen LogP contribution is 2.34. The van der Waals surface area contributed by atoms with Crippen molar-refractivity contribution in [2.45, 2.75) is 48.8 Å². The third-order valence-corrected chi connectivity index (χ3v) is 3.70. The van der Waals surface area contributed by atoms with Gasteiger partial charge in [0.05, 0.1) is 18.3 Å². The number of ether oxygens (including phenoxy) is 1. The molecule has 2 bridgehead atoms. The fraction of sp³-hybridized carbons (Fsp3) is 1.00. The molecule has 64 valence electrons. The van der Waals surface area contributed by atoms with Crippen molar-refractivity contribution >= 4 is 15.9 Å². The molecule has 2 fully saturated rings. The minimum absolute atomic E-state index is 0.127. The zero-order valence-corrected chi connectivity index (χ0v) is 7.96. The van der Waals surface area contributed by atoms with E-state index in [1.54, 1.807) is 0 Å². The number of alkyl halides is 1. The molecule has 0 radical (unpaired) electrons. The first kappa shape index (κ1) is 8.02. The third-order valence-electron chi connectivity index (χ3n) is 2.66. The third kappa shape index (κ3) is 1.46. The largest absolute Gasteiger partial charge is 0.390 e. The Morgan fingerprint density at radius 2 is 1.82 bits per heavy atom. The maximum absolute atomic E-state index is 9.47. The molecule has 2 aliphatic rings. The molecule has 2 saturated heterocycles. The summed E-state index contributed by atoms with van der Waals surface area (Å²) >= 11 is 3.59. The van der Waals surface area contributed by atoms with Gasteiger partial charge in [-0.15, -0.1) is 0 Å². The van der Waals surface area contributed by atoms with E-state index in [2.05, 4.69) is 15.9 Å². The summed E-state index contributed by atoms with van der Waals surface area (Å²) in [5.74, 6) is 0. The predicted molar refractivity (Wildman–Crippen MR) is 45.9 cm³/mol. The fourth-order valence-electron chi connectivity index (χ4n) is 1.94. The lowest BCUT2D eigenvalue weighted by molar-refractivity contribution is -0.138. The zero-order valence-electron chi connectivity index (χ0n) is 6.37. The van der Waals surface area contributed by atoms with Crippen LogP contribution in [0.3, 0.4) is 0 Å². The van der Waals surface area contributed by atoms with Gasteiger partial charge in [0.1, 0.15) is 0 Å². The summed E-state index contributed by atoms with van der Waals surface area (Å²) in [5, 5.41) is 9.47. The molecule has 11 heavy (non-hydrogen) atoms. The van der Waals surface area contributed by atoms with Crippen molar-refractivity contribution in [1.29, 1.82) is 0 Å². The van der Waals surface area contributed by atoms with Crippen LogP contribution in [0, 0.1) is 0 Å². The van der Waals surface area contributed by atoms with Crippen LogP contribution < -0.4 is 0 Å². The molecule has 2 heterocycles. The summed E-state index contributed by atoms with van der Waals surface area (Å²) in [5.41, 5.74) is 0. The van der Waals surface area contributed by atoms with Gasteiger partial charge in [-0.1, -0.05) is 15.9 Å². The number of rotatable bonds is 0. The van der Waals surface area contributed by atoms with Crippen LogP contribution in [0.25, 0.3) is 0 Å².